The van der Waals surface area contributed by atoms with Gasteiger partial charge in [-0.2, -0.15) is 0 Å². The Morgan fingerprint density at radius 1 is 1.59 bits per heavy atom. The van der Waals surface area contributed by atoms with Gasteiger partial charge in [0.1, 0.15) is 0 Å². The van der Waals surface area contributed by atoms with Crippen molar-refractivity contribution in [2.75, 3.05) is 19.6 Å². The maximum absolute atomic E-state index is 11.7. The van der Waals surface area contributed by atoms with Gasteiger partial charge in [-0.3, -0.25) is 9.69 Å². The SMILES string of the molecule is C=CCN1CCC(NC(=O)c2ccco2)CC1. The van der Waals surface area contributed by atoms with Crippen LogP contribution in [0.3, 0.4) is 0 Å². The van der Waals surface area contributed by atoms with Crippen LogP contribution in [0.2, 0.25) is 0 Å². The molecular weight excluding hydrogens is 216 g/mol. The molecule has 2 rings (SSSR count). The van der Waals surface area contributed by atoms with Crippen molar-refractivity contribution in [3.05, 3.63) is 36.8 Å². The second kappa shape index (κ2) is 5.68. The molecule has 1 aromatic heterocycles. The minimum atomic E-state index is -0.114. The number of amides is 1. The maximum Gasteiger partial charge on any atom is 0.287 e. The summed E-state index contributed by atoms with van der Waals surface area (Å²) in [6.07, 6.45) is 5.41. The van der Waals surface area contributed by atoms with E-state index in [2.05, 4.69) is 16.8 Å². The zero-order valence-corrected chi connectivity index (χ0v) is 9.89. The zero-order valence-electron chi connectivity index (χ0n) is 9.89. The van der Waals surface area contributed by atoms with Gasteiger partial charge in [-0.15, -0.1) is 6.58 Å². The van der Waals surface area contributed by atoms with Crippen molar-refractivity contribution in [3.8, 4) is 0 Å². The maximum atomic E-state index is 11.7. The molecule has 4 heteroatoms. The molecular formula is C13H18N2O2. The second-order valence-corrected chi connectivity index (χ2v) is 4.31. The van der Waals surface area contributed by atoms with Crippen LogP contribution in [0.1, 0.15) is 23.4 Å². The number of furan rings is 1. The van der Waals surface area contributed by atoms with Gasteiger partial charge in [0, 0.05) is 25.7 Å². The van der Waals surface area contributed by atoms with Crippen molar-refractivity contribution in [1.29, 1.82) is 0 Å². The molecule has 0 aliphatic carbocycles. The summed E-state index contributed by atoms with van der Waals surface area (Å²) in [6.45, 7) is 6.68. The van der Waals surface area contributed by atoms with Crippen molar-refractivity contribution < 1.29 is 9.21 Å². The summed E-state index contributed by atoms with van der Waals surface area (Å²) in [5, 5.41) is 3.00. The molecule has 0 unspecified atom stereocenters. The number of rotatable bonds is 4. The molecule has 0 saturated carbocycles. The standard InChI is InChI=1S/C13H18N2O2/c1-2-7-15-8-5-11(6-9-15)14-13(16)12-4-3-10-17-12/h2-4,10-11H,1,5-9H2,(H,14,16). The number of hydrogen-bond donors (Lipinski definition) is 1. The zero-order chi connectivity index (χ0) is 12.1. The first-order valence-electron chi connectivity index (χ1n) is 5.97. The minimum absolute atomic E-state index is 0.114. The summed E-state index contributed by atoms with van der Waals surface area (Å²) in [5.74, 6) is 0.274. The van der Waals surface area contributed by atoms with Crippen molar-refractivity contribution in [2.24, 2.45) is 0 Å². The Bertz CT molecular complexity index is 365. The van der Waals surface area contributed by atoms with Gasteiger partial charge in [0.05, 0.1) is 6.26 Å². The first-order chi connectivity index (χ1) is 8.29. The Kier molecular flexibility index (Phi) is 3.98. The molecule has 0 spiro atoms. The molecule has 17 heavy (non-hydrogen) atoms. The lowest BCUT2D eigenvalue weighted by molar-refractivity contribution is 0.0886. The molecule has 0 radical (unpaired) electrons. The van der Waals surface area contributed by atoms with E-state index >= 15 is 0 Å². The predicted octanol–water partition coefficient (Wildman–Crippen LogP) is 1.66. The summed E-state index contributed by atoms with van der Waals surface area (Å²) >= 11 is 0. The molecule has 1 aromatic rings. The van der Waals surface area contributed by atoms with Crippen molar-refractivity contribution in [2.45, 2.75) is 18.9 Å². The lowest BCUT2D eigenvalue weighted by Gasteiger charge is -2.31. The van der Waals surface area contributed by atoms with Gasteiger partial charge < -0.3 is 9.73 Å². The largest absolute Gasteiger partial charge is 0.459 e. The number of nitrogens with zero attached hydrogens (tertiary/aromatic N) is 1. The Hall–Kier alpha value is -1.55. The Balaban J connectivity index is 1.78. The lowest BCUT2D eigenvalue weighted by atomic mass is 10.0. The fourth-order valence-corrected chi connectivity index (χ4v) is 2.11. The molecule has 0 atom stereocenters. The van der Waals surface area contributed by atoms with Crippen LogP contribution < -0.4 is 5.32 Å². The Morgan fingerprint density at radius 2 is 2.35 bits per heavy atom. The van der Waals surface area contributed by atoms with E-state index in [9.17, 15) is 4.79 Å². The third kappa shape index (κ3) is 3.20. The summed E-state index contributed by atoms with van der Waals surface area (Å²) in [6, 6.07) is 3.66. The number of hydrogen-bond acceptors (Lipinski definition) is 3. The lowest BCUT2D eigenvalue weighted by Crippen LogP contribution is -2.44. The van der Waals surface area contributed by atoms with E-state index in [0.29, 0.717) is 5.76 Å². The van der Waals surface area contributed by atoms with Crippen LogP contribution >= 0.6 is 0 Å². The van der Waals surface area contributed by atoms with Gasteiger partial charge in [-0.05, 0) is 25.0 Å². The summed E-state index contributed by atoms with van der Waals surface area (Å²) in [4.78, 5) is 14.1. The van der Waals surface area contributed by atoms with Crippen LogP contribution in [-0.2, 0) is 0 Å². The molecule has 0 bridgehead atoms. The highest BCUT2D eigenvalue weighted by atomic mass is 16.3. The molecule has 4 nitrogen and oxygen atoms in total. The summed E-state index contributed by atoms with van der Waals surface area (Å²) in [7, 11) is 0. The van der Waals surface area contributed by atoms with Gasteiger partial charge in [-0.25, -0.2) is 0 Å². The summed E-state index contributed by atoms with van der Waals surface area (Å²) < 4.78 is 5.06. The predicted molar refractivity (Wildman–Crippen MR) is 65.8 cm³/mol. The molecule has 1 amide bonds. The van der Waals surface area contributed by atoms with E-state index in [-0.39, 0.29) is 11.9 Å². The molecule has 1 saturated heterocycles. The van der Waals surface area contributed by atoms with Crippen LogP contribution in [-0.4, -0.2) is 36.5 Å². The van der Waals surface area contributed by atoms with E-state index in [1.54, 1.807) is 12.1 Å². The highest BCUT2D eigenvalue weighted by molar-refractivity contribution is 5.91. The van der Waals surface area contributed by atoms with Crippen LogP contribution in [0.5, 0.6) is 0 Å². The van der Waals surface area contributed by atoms with Gasteiger partial charge in [0.15, 0.2) is 5.76 Å². The van der Waals surface area contributed by atoms with E-state index < -0.39 is 0 Å². The van der Waals surface area contributed by atoms with E-state index in [1.165, 1.54) is 6.26 Å². The fourth-order valence-electron chi connectivity index (χ4n) is 2.11. The number of carbonyl (C=O) groups excluding carboxylic acids is 1. The highest BCUT2D eigenvalue weighted by Crippen LogP contribution is 2.11. The third-order valence-corrected chi connectivity index (χ3v) is 3.06. The molecule has 1 aliphatic heterocycles. The van der Waals surface area contributed by atoms with Crippen molar-refractivity contribution >= 4 is 5.91 Å². The second-order valence-electron chi connectivity index (χ2n) is 4.31. The highest BCUT2D eigenvalue weighted by Gasteiger charge is 2.21. The quantitative estimate of drug-likeness (QED) is 0.806. The van der Waals surface area contributed by atoms with Crippen molar-refractivity contribution in [3.63, 3.8) is 0 Å². The van der Waals surface area contributed by atoms with E-state index in [4.69, 9.17) is 4.42 Å². The van der Waals surface area contributed by atoms with Crippen LogP contribution in [0.4, 0.5) is 0 Å². The fraction of sp³-hybridized carbons (Fsp3) is 0.462. The van der Waals surface area contributed by atoms with Crippen molar-refractivity contribution in [1.82, 2.24) is 10.2 Å². The summed E-state index contributed by atoms with van der Waals surface area (Å²) in [5.41, 5.74) is 0. The number of piperidine rings is 1. The van der Waals surface area contributed by atoms with Gasteiger partial charge in [-0.1, -0.05) is 6.08 Å². The average Bonchev–Trinajstić information content (AvgIpc) is 2.86. The van der Waals surface area contributed by atoms with Crippen LogP contribution in [0.25, 0.3) is 0 Å². The van der Waals surface area contributed by atoms with Crippen LogP contribution in [0.15, 0.2) is 35.5 Å². The van der Waals surface area contributed by atoms with E-state index in [1.807, 2.05) is 6.08 Å². The Morgan fingerprint density at radius 3 is 2.94 bits per heavy atom. The normalized spacial score (nSPS) is 17.9. The molecule has 1 aliphatic rings. The average molecular weight is 234 g/mol. The molecule has 1 N–H and O–H groups in total. The Labute approximate surface area is 101 Å². The van der Waals surface area contributed by atoms with Gasteiger partial charge in [0.25, 0.3) is 5.91 Å². The molecule has 92 valence electrons. The monoisotopic (exact) mass is 234 g/mol. The first kappa shape index (κ1) is 11.9. The third-order valence-electron chi connectivity index (χ3n) is 3.06. The molecule has 2 heterocycles. The van der Waals surface area contributed by atoms with E-state index in [0.717, 1.165) is 32.5 Å². The minimum Gasteiger partial charge on any atom is -0.459 e. The van der Waals surface area contributed by atoms with Gasteiger partial charge in [0.2, 0.25) is 0 Å². The van der Waals surface area contributed by atoms with Crippen LogP contribution in [0, 0.1) is 0 Å². The first-order valence-corrected chi connectivity index (χ1v) is 5.97. The number of nitrogens with one attached hydrogen (secondary N) is 1. The number of likely N-dealkylation sites (tertiary alicyclic amines) is 1. The topological polar surface area (TPSA) is 45.5 Å². The smallest absolute Gasteiger partial charge is 0.287 e. The molecule has 1 fully saturated rings. The molecule has 0 aromatic carbocycles. The number of carbonyl (C=O) groups is 1. The van der Waals surface area contributed by atoms with Gasteiger partial charge >= 0.3 is 0 Å².